The van der Waals surface area contributed by atoms with Crippen molar-refractivity contribution in [3.63, 3.8) is 0 Å². The van der Waals surface area contributed by atoms with Gasteiger partial charge in [-0.3, -0.25) is 14.4 Å². The number of fused-ring (bicyclic) bond motifs is 2. The van der Waals surface area contributed by atoms with E-state index in [9.17, 15) is 14.4 Å². The first-order valence-electron chi connectivity index (χ1n) is 14.7. The van der Waals surface area contributed by atoms with E-state index in [4.69, 9.17) is 22.1 Å². The van der Waals surface area contributed by atoms with Gasteiger partial charge in [0.05, 0.1) is 13.0 Å². The van der Waals surface area contributed by atoms with Gasteiger partial charge in [0.15, 0.2) is 0 Å². The van der Waals surface area contributed by atoms with Crippen LogP contribution in [0.15, 0.2) is 84.9 Å². The summed E-state index contributed by atoms with van der Waals surface area (Å²) in [6, 6.07) is 24.6. The Labute approximate surface area is 256 Å². The summed E-state index contributed by atoms with van der Waals surface area (Å²) < 4.78 is 5.72. The van der Waals surface area contributed by atoms with Crippen molar-refractivity contribution in [2.75, 3.05) is 13.2 Å². The average molecular weight is 596 g/mol. The molecule has 2 heterocycles. The van der Waals surface area contributed by atoms with E-state index >= 15 is 0 Å². The molecule has 0 aromatic heterocycles. The minimum absolute atomic E-state index is 0.112. The molecular weight excluding hydrogens is 562 g/mol. The molecule has 1 fully saturated rings. The lowest BCUT2D eigenvalue weighted by molar-refractivity contribution is -0.148. The summed E-state index contributed by atoms with van der Waals surface area (Å²) in [7, 11) is 0. The van der Waals surface area contributed by atoms with Crippen molar-refractivity contribution < 1.29 is 19.1 Å². The van der Waals surface area contributed by atoms with Crippen molar-refractivity contribution in [2.24, 2.45) is 5.73 Å². The summed E-state index contributed by atoms with van der Waals surface area (Å²) in [5.41, 5.74) is 9.48. The lowest BCUT2D eigenvalue weighted by Crippen LogP contribution is -2.52. The molecule has 1 saturated heterocycles. The molecule has 43 heavy (non-hydrogen) atoms. The number of nitrogens with two attached hydrogens (primary N) is 1. The number of amides is 3. The Balaban J connectivity index is 1.36. The first-order chi connectivity index (χ1) is 20.8. The van der Waals surface area contributed by atoms with Crippen molar-refractivity contribution in [3.05, 3.63) is 112 Å². The van der Waals surface area contributed by atoms with Gasteiger partial charge in [0.25, 0.3) is 5.91 Å². The van der Waals surface area contributed by atoms with Crippen molar-refractivity contribution in [2.45, 2.75) is 50.7 Å². The van der Waals surface area contributed by atoms with E-state index in [-0.39, 0.29) is 37.2 Å². The number of hydrogen-bond acceptors (Lipinski definition) is 4. The second kappa shape index (κ2) is 12.1. The Kier molecular flexibility index (Phi) is 8.08. The molecule has 3 amide bonds. The van der Waals surface area contributed by atoms with Gasteiger partial charge in [-0.25, -0.2) is 0 Å². The highest BCUT2D eigenvalue weighted by Gasteiger charge is 2.43. The maximum Gasteiger partial charge on any atom is 0.250 e. The third-order valence-corrected chi connectivity index (χ3v) is 8.86. The maximum absolute atomic E-state index is 14.6. The molecule has 4 aromatic rings. The first kappa shape index (κ1) is 28.7. The highest BCUT2D eigenvalue weighted by atomic mass is 35.5. The minimum atomic E-state index is -0.969. The fourth-order valence-electron chi connectivity index (χ4n) is 6.41. The fourth-order valence-corrected chi connectivity index (χ4v) is 6.61. The number of nitrogens with zero attached hydrogens (tertiary/aromatic N) is 2. The highest BCUT2D eigenvalue weighted by molar-refractivity contribution is 6.30. The van der Waals surface area contributed by atoms with Crippen molar-refractivity contribution in [1.82, 2.24) is 9.80 Å². The normalized spacial score (nSPS) is 19.1. The van der Waals surface area contributed by atoms with Crippen LogP contribution in [0.4, 0.5) is 0 Å². The third kappa shape index (κ3) is 5.82. The van der Waals surface area contributed by atoms with E-state index in [0.717, 1.165) is 39.6 Å². The van der Waals surface area contributed by atoms with Crippen LogP contribution in [0.1, 0.15) is 41.6 Å². The van der Waals surface area contributed by atoms with Gasteiger partial charge in [-0.05, 0) is 64.6 Å². The molecule has 2 N–H and O–H groups in total. The van der Waals surface area contributed by atoms with Crippen LogP contribution in [0.3, 0.4) is 0 Å². The van der Waals surface area contributed by atoms with Gasteiger partial charge in [0.1, 0.15) is 17.8 Å². The molecule has 0 bridgehead atoms. The van der Waals surface area contributed by atoms with E-state index in [1.807, 2.05) is 67.6 Å². The van der Waals surface area contributed by atoms with E-state index in [1.165, 1.54) is 0 Å². The van der Waals surface area contributed by atoms with Crippen LogP contribution in [-0.2, 0) is 33.6 Å². The lowest BCUT2D eigenvalue weighted by Gasteiger charge is -2.36. The van der Waals surface area contributed by atoms with Gasteiger partial charge in [-0.1, -0.05) is 78.3 Å². The van der Waals surface area contributed by atoms with E-state index in [1.54, 1.807) is 34.1 Å². The fraction of sp³-hybridized carbons (Fsp3) is 0.286. The zero-order valence-electron chi connectivity index (χ0n) is 24.0. The summed E-state index contributed by atoms with van der Waals surface area (Å²) >= 11 is 6.40. The van der Waals surface area contributed by atoms with E-state index in [2.05, 4.69) is 0 Å². The van der Waals surface area contributed by atoms with Crippen LogP contribution in [0, 0.1) is 0 Å². The number of hydrogen-bond donors (Lipinski definition) is 1. The van der Waals surface area contributed by atoms with Crippen LogP contribution in [0.2, 0.25) is 5.02 Å². The van der Waals surface area contributed by atoms with Crippen LogP contribution < -0.4 is 10.5 Å². The number of ether oxygens (including phenoxy) is 1. The van der Waals surface area contributed by atoms with E-state index in [0.29, 0.717) is 23.6 Å². The second-order valence-corrected chi connectivity index (χ2v) is 11.8. The van der Waals surface area contributed by atoms with E-state index < -0.39 is 18.0 Å². The average Bonchev–Trinajstić information content (AvgIpc) is 3.42. The van der Waals surface area contributed by atoms with Crippen LogP contribution in [0.25, 0.3) is 10.8 Å². The Hall–Kier alpha value is -4.36. The van der Waals surface area contributed by atoms with Gasteiger partial charge in [-0.15, -0.1) is 0 Å². The molecule has 0 saturated carbocycles. The van der Waals surface area contributed by atoms with Crippen molar-refractivity contribution in [1.29, 1.82) is 0 Å². The van der Waals surface area contributed by atoms with Crippen LogP contribution in [-0.4, -0.2) is 52.8 Å². The van der Waals surface area contributed by atoms with Gasteiger partial charge < -0.3 is 20.3 Å². The molecule has 220 valence electrons. The Morgan fingerprint density at radius 3 is 2.63 bits per heavy atom. The quantitative estimate of drug-likeness (QED) is 0.315. The largest absolute Gasteiger partial charge is 0.493 e. The molecular formula is C35H34ClN3O4. The number of halogens is 1. The third-order valence-electron chi connectivity index (χ3n) is 8.62. The lowest BCUT2D eigenvalue weighted by atomic mass is 9.96. The van der Waals surface area contributed by atoms with Gasteiger partial charge >= 0.3 is 0 Å². The molecule has 6 rings (SSSR count). The summed E-state index contributed by atoms with van der Waals surface area (Å²) in [5.74, 6) is -0.311. The topological polar surface area (TPSA) is 92.9 Å². The van der Waals surface area contributed by atoms with Gasteiger partial charge in [-0.2, -0.15) is 0 Å². The second-order valence-electron chi connectivity index (χ2n) is 11.4. The maximum atomic E-state index is 14.6. The standard InChI is InChI=1S/C35H34ClN3O4/c1-22-14-16-38(30(34(37)41)21-26-8-4-7-24-6-2-3-11-29(24)26)35(42)33(27-9-5-10-28(36)20-27)39(22)32(40)19-23-12-13-25-15-17-43-31(25)18-23/h2-13,18,20,22,30,33H,14-17,19,21H2,1H3,(H2,37,41). The zero-order valence-corrected chi connectivity index (χ0v) is 24.8. The predicted octanol–water partition coefficient (Wildman–Crippen LogP) is 5.26. The molecule has 3 atom stereocenters. The summed E-state index contributed by atoms with van der Waals surface area (Å²) in [6.07, 6.45) is 1.72. The highest BCUT2D eigenvalue weighted by Crippen LogP contribution is 2.34. The summed E-state index contributed by atoms with van der Waals surface area (Å²) in [4.78, 5) is 44.9. The van der Waals surface area contributed by atoms with Crippen molar-refractivity contribution in [3.8, 4) is 5.75 Å². The molecule has 3 unspecified atom stereocenters. The van der Waals surface area contributed by atoms with Crippen LogP contribution >= 0.6 is 11.6 Å². The zero-order chi connectivity index (χ0) is 30.1. The molecule has 4 aromatic carbocycles. The smallest absolute Gasteiger partial charge is 0.250 e. The number of carbonyl (C=O) groups excluding carboxylic acids is 3. The monoisotopic (exact) mass is 595 g/mol. The van der Waals surface area contributed by atoms with Crippen LogP contribution in [0.5, 0.6) is 5.75 Å². The number of carbonyl (C=O) groups is 3. The predicted molar refractivity (Wildman–Crippen MR) is 167 cm³/mol. The minimum Gasteiger partial charge on any atom is -0.493 e. The summed E-state index contributed by atoms with van der Waals surface area (Å²) in [5, 5.41) is 2.51. The SMILES string of the molecule is CC1CCN(C(Cc2cccc3ccccc23)C(N)=O)C(=O)C(c2cccc(Cl)c2)N1C(=O)Cc1ccc2c(c1)OCC2. The number of benzene rings is 4. The van der Waals surface area contributed by atoms with Crippen molar-refractivity contribution >= 4 is 40.1 Å². The Morgan fingerprint density at radius 1 is 1.02 bits per heavy atom. The van der Waals surface area contributed by atoms with Gasteiger partial charge in [0.2, 0.25) is 11.8 Å². The molecule has 2 aliphatic heterocycles. The molecule has 7 nitrogen and oxygen atoms in total. The molecule has 8 heteroatoms. The first-order valence-corrected chi connectivity index (χ1v) is 15.1. The number of rotatable bonds is 7. The van der Waals surface area contributed by atoms with Gasteiger partial charge in [0, 0.05) is 30.5 Å². The molecule has 0 radical (unpaired) electrons. The Morgan fingerprint density at radius 2 is 1.81 bits per heavy atom. The molecule has 2 aliphatic rings. The molecule has 0 aliphatic carbocycles. The molecule has 0 spiro atoms. The Bertz CT molecular complexity index is 1700. The summed E-state index contributed by atoms with van der Waals surface area (Å²) in [6.45, 7) is 2.87. The number of primary amides is 1.